The molecule has 1 unspecified atom stereocenters. The minimum atomic E-state index is -4.50. The van der Waals surface area contributed by atoms with Gasteiger partial charge >= 0.3 is 12.2 Å². The molecular formula is C24H25F3N6O2. The molecule has 2 heterocycles. The van der Waals surface area contributed by atoms with Crippen molar-refractivity contribution in [1.29, 1.82) is 0 Å². The minimum absolute atomic E-state index is 0.0405. The normalized spacial score (nSPS) is 16.0. The third-order valence-corrected chi connectivity index (χ3v) is 5.56. The number of carbonyl (C=O) groups is 1. The molecule has 3 aromatic rings. The molecule has 8 nitrogen and oxygen atoms in total. The predicted molar refractivity (Wildman–Crippen MR) is 127 cm³/mol. The van der Waals surface area contributed by atoms with Gasteiger partial charge in [0.2, 0.25) is 5.88 Å². The van der Waals surface area contributed by atoms with Crippen molar-refractivity contribution in [2.75, 3.05) is 35.2 Å². The van der Waals surface area contributed by atoms with Crippen LogP contribution in [0.5, 0.6) is 11.6 Å². The number of urea groups is 1. The number of ether oxygens (including phenoxy) is 1. The fourth-order valence-corrected chi connectivity index (χ4v) is 3.75. The van der Waals surface area contributed by atoms with E-state index in [0.29, 0.717) is 23.4 Å². The van der Waals surface area contributed by atoms with Gasteiger partial charge in [-0.2, -0.15) is 13.2 Å². The molecule has 0 spiro atoms. The molecule has 3 N–H and O–H groups in total. The van der Waals surface area contributed by atoms with E-state index in [2.05, 4.69) is 37.7 Å². The number of halogens is 3. The van der Waals surface area contributed by atoms with E-state index in [-0.39, 0.29) is 11.3 Å². The molecule has 0 saturated carbocycles. The van der Waals surface area contributed by atoms with Crippen LogP contribution >= 0.6 is 0 Å². The van der Waals surface area contributed by atoms with Crippen molar-refractivity contribution in [3.8, 4) is 11.6 Å². The molecule has 0 aliphatic carbocycles. The minimum Gasteiger partial charge on any atom is -0.439 e. The molecule has 184 valence electrons. The second-order valence-electron chi connectivity index (χ2n) is 8.19. The number of carbonyl (C=O) groups excluding carboxylic acids is 1. The molecule has 1 aromatic heterocycles. The van der Waals surface area contributed by atoms with Crippen LogP contribution in [0.15, 0.2) is 54.9 Å². The van der Waals surface area contributed by atoms with Gasteiger partial charge in [0.1, 0.15) is 17.9 Å². The zero-order chi connectivity index (χ0) is 25.0. The molecule has 35 heavy (non-hydrogen) atoms. The van der Waals surface area contributed by atoms with Crippen molar-refractivity contribution in [3.63, 3.8) is 0 Å². The number of alkyl halides is 3. The van der Waals surface area contributed by atoms with Crippen molar-refractivity contribution in [3.05, 3.63) is 66.0 Å². The summed E-state index contributed by atoms with van der Waals surface area (Å²) in [5.41, 5.74) is -0.233. The standard InChI is InChI=1S/C24H25F3N6O2/c1-15-3-4-18(11-20(15)24(25,26)27)32-23(34)31-17-5-7-19(8-6-17)35-22-12-21(29-14-30-22)33-10-9-28-13-16(33)2/h3-8,11-12,14,16,28H,9-10,13H2,1-2H3,(H2,31,32,34). The Kier molecular flexibility index (Phi) is 7.06. The van der Waals surface area contributed by atoms with E-state index in [4.69, 9.17) is 4.74 Å². The van der Waals surface area contributed by atoms with E-state index in [9.17, 15) is 18.0 Å². The first-order chi connectivity index (χ1) is 16.7. The van der Waals surface area contributed by atoms with Crippen molar-refractivity contribution >= 4 is 23.2 Å². The summed E-state index contributed by atoms with van der Waals surface area (Å²) in [5, 5.41) is 8.34. The van der Waals surface area contributed by atoms with E-state index in [1.807, 2.05) is 0 Å². The Labute approximate surface area is 200 Å². The van der Waals surface area contributed by atoms with Gasteiger partial charge in [0, 0.05) is 43.1 Å². The van der Waals surface area contributed by atoms with Gasteiger partial charge in [0.25, 0.3) is 0 Å². The van der Waals surface area contributed by atoms with Crippen LogP contribution in [-0.2, 0) is 6.18 Å². The monoisotopic (exact) mass is 486 g/mol. The topological polar surface area (TPSA) is 91.4 Å². The number of aryl methyl sites for hydroxylation is 1. The van der Waals surface area contributed by atoms with E-state index < -0.39 is 17.8 Å². The molecule has 1 atom stereocenters. The Hall–Kier alpha value is -3.86. The number of nitrogens with one attached hydrogen (secondary N) is 3. The molecule has 1 fully saturated rings. The summed E-state index contributed by atoms with van der Waals surface area (Å²) in [6.45, 7) is 6.06. The molecule has 4 rings (SSSR count). The quantitative estimate of drug-likeness (QED) is 0.468. The maximum absolute atomic E-state index is 13.1. The Morgan fingerprint density at radius 2 is 1.80 bits per heavy atom. The number of hydrogen-bond acceptors (Lipinski definition) is 6. The second kappa shape index (κ2) is 10.2. The lowest BCUT2D eigenvalue weighted by Crippen LogP contribution is -2.50. The van der Waals surface area contributed by atoms with Crippen LogP contribution in [0.25, 0.3) is 0 Å². The third-order valence-electron chi connectivity index (χ3n) is 5.56. The number of benzene rings is 2. The van der Waals surface area contributed by atoms with Crippen LogP contribution in [0, 0.1) is 6.92 Å². The number of aromatic nitrogens is 2. The van der Waals surface area contributed by atoms with Gasteiger partial charge in [0.05, 0.1) is 5.56 Å². The number of anilines is 3. The number of nitrogens with zero attached hydrogens (tertiary/aromatic N) is 3. The summed E-state index contributed by atoms with van der Waals surface area (Å²) in [7, 11) is 0. The average Bonchev–Trinajstić information content (AvgIpc) is 2.81. The number of amides is 2. The highest BCUT2D eigenvalue weighted by atomic mass is 19.4. The Bertz CT molecular complexity index is 1190. The van der Waals surface area contributed by atoms with Gasteiger partial charge in [-0.3, -0.25) is 0 Å². The van der Waals surface area contributed by atoms with Crippen LogP contribution in [0.2, 0.25) is 0 Å². The lowest BCUT2D eigenvalue weighted by atomic mass is 10.1. The average molecular weight is 486 g/mol. The van der Waals surface area contributed by atoms with E-state index in [1.54, 1.807) is 30.3 Å². The van der Waals surface area contributed by atoms with Crippen LogP contribution in [0.3, 0.4) is 0 Å². The number of piperazine rings is 1. The van der Waals surface area contributed by atoms with E-state index in [1.165, 1.54) is 25.4 Å². The smallest absolute Gasteiger partial charge is 0.416 e. The summed E-state index contributed by atoms with van der Waals surface area (Å²) < 4.78 is 45.1. The molecule has 2 amide bonds. The van der Waals surface area contributed by atoms with Gasteiger partial charge in [-0.25, -0.2) is 14.8 Å². The largest absolute Gasteiger partial charge is 0.439 e. The summed E-state index contributed by atoms with van der Waals surface area (Å²) in [6, 6.07) is 11.6. The zero-order valence-electron chi connectivity index (χ0n) is 19.2. The Balaban J connectivity index is 1.37. The molecule has 1 saturated heterocycles. The molecule has 1 aliphatic rings. The first-order valence-corrected chi connectivity index (χ1v) is 11.0. The van der Waals surface area contributed by atoms with Crippen LogP contribution in [-0.4, -0.2) is 41.7 Å². The highest BCUT2D eigenvalue weighted by molar-refractivity contribution is 5.99. The van der Waals surface area contributed by atoms with Gasteiger partial charge < -0.3 is 25.6 Å². The fraction of sp³-hybridized carbons (Fsp3) is 0.292. The number of hydrogen-bond donors (Lipinski definition) is 3. The number of rotatable bonds is 5. The first-order valence-electron chi connectivity index (χ1n) is 11.0. The second-order valence-corrected chi connectivity index (χ2v) is 8.19. The van der Waals surface area contributed by atoms with Crippen molar-refractivity contribution in [2.24, 2.45) is 0 Å². The third kappa shape index (κ3) is 6.18. The SMILES string of the molecule is Cc1ccc(NC(=O)Nc2ccc(Oc3cc(N4CCNCC4C)ncn3)cc2)cc1C(F)(F)F. The first kappa shape index (κ1) is 24.3. The van der Waals surface area contributed by atoms with Crippen molar-refractivity contribution in [2.45, 2.75) is 26.1 Å². The lowest BCUT2D eigenvalue weighted by molar-refractivity contribution is -0.138. The van der Waals surface area contributed by atoms with Gasteiger partial charge in [-0.1, -0.05) is 6.07 Å². The maximum atomic E-state index is 13.1. The van der Waals surface area contributed by atoms with E-state index >= 15 is 0 Å². The summed E-state index contributed by atoms with van der Waals surface area (Å²) in [6.07, 6.45) is -3.04. The summed E-state index contributed by atoms with van der Waals surface area (Å²) in [5.74, 6) is 1.67. The predicted octanol–water partition coefficient (Wildman–Crippen LogP) is 5.04. The molecule has 0 radical (unpaired) electrons. The highest BCUT2D eigenvalue weighted by Crippen LogP contribution is 2.33. The van der Waals surface area contributed by atoms with Crippen molar-refractivity contribution in [1.82, 2.24) is 15.3 Å². The molecular weight excluding hydrogens is 461 g/mol. The summed E-state index contributed by atoms with van der Waals surface area (Å²) >= 11 is 0. The van der Waals surface area contributed by atoms with Gasteiger partial charge in [-0.05, 0) is 55.8 Å². The molecule has 1 aliphatic heterocycles. The summed E-state index contributed by atoms with van der Waals surface area (Å²) in [4.78, 5) is 23.0. The fourth-order valence-electron chi connectivity index (χ4n) is 3.75. The van der Waals surface area contributed by atoms with E-state index in [0.717, 1.165) is 31.5 Å². The van der Waals surface area contributed by atoms with Gasteiger partial charge in [-0.15, -0.1) is 0 Å². The Morgan fingerprint density at radius 3 is 2.51 bits per heavy atom. The highest BCUT2D eigenvalue weighted by Gasteiger charge is 2.32. The zero-order valence-corrected chi connectivity index (χ0v) is 19.2. The van der Waals surface area contributed by atoms with Crippen LogP contribution in [0.4, 0.5) is 35.2 Å². The molecule has 11 heteroatoms. The van der Waals surface area contributed by atoms with Crippen LogP contribution in [0.1, 0.15) is 18.1 Å². The molecule has 2 aromatic carbocycles. The van der Waals surface area contributed by atoms with Gasteiger partial charge in [0.15, 0.2) is 0 Å². The van der Waals surface area contributed by atoms with Crippen LogP contribution < -0.4 is 25.6 Å². The lowest BCUT2D eigenvalue weighted by Gasteiger charge is -2.34. The molecule has 0 bridgehead atoms. The maximum Gasteiger partial charge on any atom is 0.416 e. The van der Waals surface area contributed by atoms with Crippen molar-refractivity contribution < 1.29 is 22.7 Å². The Morgan fingerprint density at radius 1 is 1.09 bits per heavy atom.